The molecule has 0 saturated heterocycles. The Morgan fingerprint density at radius 2 is 1.78 bits per heavy atom. The number of halogens is 6. The summed E-state index contributed by atoms with van der Waals surface area (Å²) in [4.78, 5) is 34.9. The van der Waals surface area contributed by atoms with Crippen LogP contribution < -0.4 is 5.32 Å². The second-order valence-electron chi connectivity index (χ2n) is 10.5. The molecule has 1 N–H and O–H groups in total. The van der Waals surface area contributed by atoms with Gasteiger partial charge < -0.3 is 19.5 Å². The van der Waals surface area contributed by atoms with Crippen molar-refractivity contribution in [1.82, 2.24) is 24.8 Å². The van der Waals surface area contributed by atoms with Crippen molar-refractivity contribution in [3.8, 4) is 11.3 Å². The summed E-state index contributed by atoms with van der Waals surface area (Å²) < 4.78 is 89.2. The van der Waals surface area contributed by atoms with Crippen LogP contribution in [-0.4, -0.2) is 49.6 Å². The highest BCUT2D eigenvalue weighted by molar-refractivity contribution is 5.78. The Balaban J connectivity index is 1.59. The molecule has 0 bridgehead atoms. The molecule has 1 aliphatic rings. The van der Waals surface area contributed by atoms with Gasteiger partial charge in [0, 0.05) is 49.6 Å². The number of nitrogens with zero attached hydrogens (tertiary/aromatic N) is 4. The first-order valence-electron chi connectivity index (χ1n) is 12.6. The van der Waals surface area contributed by atoms with Gasteiger partial charge in [-0.25, -0.2) is 22.9 Å². The van der Waals surface area contributed by atoms with E-state index in [-0.39, 0.29) is 43.0 Å². The van der Waals surface area contributed by atoms with Crippen molar-refractivity contribution >= 4 is 12.0 Å². The number of imidazole rings is 1. The van der Waals surface area contributed by atoms with Crippen molar-refractivity contribution in [2.24, 2.45) is 0 Å². The molecule has 2 amide bonds. The van der Waals surface area contributed by atoms with Crippen molar-refractivity contribution in [1.29, 1.82) is 0 Å². The van der Waals surface area contributed by atoms with Crippen LogP contribution >= 0.6 is 0 Å². The van der Waals surface area contributed by atoms with Gasteiger partial charge in [0.15, 0.2) is 11.6 Å². The van der Waals surface area contributed by atoms with Crippen molar-refractivity contribution in [3.05, 3.63) is 71.2 Å². The number of hydrogen-bond donors (Lipinski definition) is 1. The van der Waals surface area contributed by atoms with Crippen LogP contribution in [0.4, 0.5) is 31.1 Å². The molecule has 1 aliphatic heterocycles. The second-order valence-corrected chi connectivity index (χ2v) is 10.5. The number of carbonyl (C=O) groups excluding carboxylic acids is 2. The number of carbonyl (C=O) groups is 2. The average Bonchev–Trinajstić information content (AvgIpc) is 3.26. The molecule has 0 radical (unpaired) electrons. The van der Waals surface area contributed by atoms with Gasteiger partial charge in [-0.05, 0) is 51.0 Å². The summed E-state index contributed by atoms with van der Waals surface area (Å²) in [5.74, 6) is -5.46. The zero-order valence-electron chi connectivity index (χ0n) is 22.4. The smallest absolute Gasteiger partial charge is 0.444 e. The van der Waals surface area contributed by atoms with E-state index in [2.05, 4.69) is 15.3 Å². The monoisotopic (exact) mass is 583 g/mol. The molecule has 8 nitrogen and oxygen atoms in total. The molecule has 0 fully saturated rings. The fourth-order valence-corrected chi connectivity index (χ4v) is 4.51. The number of alkyl carbamates (subject to hydrolysis) is 1. The molecule has 41 heavy (non-hydrogen) atoms. The van der Waals surface area contributed by atoms with Gasteiger partial charge in [0.25, 0.3) is 0 Å². The predicted molar refractivity (Wildman–Crippen MR) is 134 cm³/mol. The van der Waals surface area contributed by atoms with Crippen LogP contribution in [0.5, 0.6) is 0 Å². The third-order valence-corrected chi connectivity index (χ3v) is 6.25. The third-order valence-electron chi connectivity index (χ3n) is 6.25. The molecule has 3 aromatic rings. The predicted octanol–water partition coefficient (Wildman–Crippen LogP) is 5.25. The van der Waals surface area contributed by atoms with E-state index in [4.69, 9.17) is 4.74 Å². The number of rotatable bonds is 6. The van der Waals surface area contributed by atoms with Crippen LogP contribution in [0.25, 0.3) is 11.3 Å². The molecule has 0 spiro atoms. The Hall–Kier alpha value is -4.10. The molecule has 0 saturated carbocycles. The highest BCUT2D eigenvalue weighted by Crippen LogP contribution is 2.35. The molecule has 1 aromatic carbocycles. The Morgan fingerprint density at radius 3 is 2.41 bits per heavy atom. The summed E-state index contributed by atoms with van der Waals surface area (Å²) in [6.45, 7) is 4.28. The number of alkyl halides is 3. The number of nitrogens with one attached hydrogen (secondary N) is 1. The fourth-order valence-electron chi connectivity index (χ4n) is 4.51. The minimum absolute atomic E-state index is 0.0233. The van der Waals surface area contributed by atoms with E-state index in [0.29, 0.717) is 17.7 Å². The lowest BCUT2D eigenvalue weighted by atomic mass is 10.0. The van der Waals surface area contributed by atoms with Crippen molar-refractivity contribution < 1.29 is 40.7 Å². The molecular weight excluding hydrogens is 556 g/mol. The summed E-state index contributed by atoms with van der Waals surface area (Å²) in [6.07, 6.45) is -3.66. The number of fused-ring (bicyclic) bond motifs is 1. The van der Waals surface area contributed by atoms with E-state index < -0.39 is 59.5 Å². The van der Waals surface area contributed by atoms with E-state index in [1.54, 1.807) is 32.9 Å². The Kier molecular flexibility index (Phi) is 8.31. The van der Waals surface area contributed by atoms with Gasteiger partial charge in [-0.15, -0.1) is 0 Å². The van der Waals surface area contributed by atoms with E-state index in [0.717, 1.165) is 4.57 Å². The molecule has 1 atom stereocenters. The van der Waals surface area contributed by atoms with Gasteiger partial charge in [0.2, 0.25) is 11.7 Å². The number of aromatic nitrogens is 3. The van der Waals surface area contributed by atoms with Gasteiger partial charge in [-0.3, -0.25) is 9.78 Å². The normalized spacial score (nSPS) is 14.4. The SMILES string of the molecule is CC(C)(C)OC(=O)NC(CC(=O)N1CCn2c(C(F)(F)F)nc(-c3cccnc3)c2C1)Cc1cc(F)c(F)cc1F. The second kappa shape index (κ2) is 11.4. The van der Waals surface area contributed by atoms with Crippen molar-refractivity contribution in [2.75, 3.05) is 6.54 Å². The van der Waals surface area contributed by atoms with Crippen molar-refractivity contribution in [3.63, 3.8) is 0 Å². The summed E-state index contributed by atoms with van der Waals surface area (Å²) in [5.41, 5.74) is -0.693. The molecular formula is C27H27F6N5O3. The lowest BCUT2D eigenvalue weighted by Gasteiger charge is -2.31. The third kappa shape index (κ3) is 7.16. The average molecular weight is 584 g/mol. The summed E-state index contributed by atoms with van der Waals surface area (Å²) in [7, 11) is 0. The van der Waals surface area contributed by atoms with Gasteiger partial charge >= 0.3 is 12.3 Å². The first kappa shape index (κ1) is 29.9. The first-order valence-corrected chi connectivity index (χ1v) is 12.6. The number of benzene rings is 1. The van der Waals surface area contributed by atoms with Gasteiger partial charge in [-0.1, -0.05) is 0 Å². The molecule has 2 aromatic heterocycles. The zero-order valence-corrected chi connectivity index (χ0v) is 22.4. The standard InChI is InChI=1S/C27H27F6N5O3/c1-26(2,3)41-25(40)35-17(9-16-10-19(29)20(30)12-18(16)28)11-22(39)37-7-8-38-21(14-37)23(15-5-4-6-34-13-15)36-24(38)27(31,32)33/h4-6,10,12-13,17H,7-9,11,14H2,1-3H3,(H,35,40). The Bertz CT molecular complexity index is 1440. The van der Waals surface area contributed by atoms with Crippen LogP contribution in [0.2, 0.25) is 0 Å². The maximum Gasteiger partial charge on any atom is 0.449 e. The number of hydrogen-bond acceptors (Lipinski definition) is 5. The first-order chi connectivity index (χ1) is 19.1. The molecule has 14 heteroatoms. The quantitative estimate of drug-likeness (QED) is 0.317. The minimum atomic E-state index is -4.74. The Morgan fingerprint density at radius 1 is 1.07 bits per heavy atom. The topological polar surface area (TPSA) is 89.4 Å². The van der Waals surface area contributed by atoms with E-state index >= 15 is 0 Å². The molecule has 3 heterocycles. The zero-order chi connectivity index (χ0) is 30.1. The van der Waals surface area contributed by atoms with E-state index in [9.17, 15) is 35.9 Å². The van der Waals surface area contributed by atoms with Crippen LogP contribution in [0.3, 0.4) is 0 Å². The van der Waals surface area contributed by atoms with Crippen LogP contribution in [0.1, 0.15) is 44.3 Å². The maximum absolute atomic E-state index is 14.4. The largest absolute Gasteiger partial charge is 0.449 e. The van der Waals surface area contributed by atoms with Crippen molar-refractivity contribution in [2.45, 2.75) is 64.5 Å². The number of pyridine rings is 1. The lowest BCUT2D eigenvalue weighted by Crippen LogP contribution is -2.45. The number of ether oxygens (including phenoxy) is 1. The van der Waals surface area contributed by atoms with Crippen LogP contribution in [0.15, 0.2) is 36.7 Å². The maximum atomic E-state index is 14.4. The van der Waals surface area contributed by atoms with Crippen LogP contribution in [0, 0.1) is 17.5 Å². The van der Waals surface area contributed by atoms with Gasteiger partial charge in [-0.2, -0.15) is 13.2 Å². The van der Waals surface area contributed by atoms with Gasteiger partial charge in [0.05, 0.1) is 17.9 Å². The van der Waals surface area contributed by atoms with E-state index in [1.807, 2.05) is 0 Å². The summed E-state index contributed by atoms with van der Waals surface area (Å²) in [6, 6.07) is 2.98. The lowest BCUT2D eigenvalue weighted by molar-refractivity contribution is -0.148. The van der Waals surface area contributed by atoms with E-state index in [1.165, 1.54) is 17.3 Å². The Labute approximate surface area is 231 Å². The fraction of sp³-hybridized carbons (Fsp3) is 0.407. The molecule has 4 rings (SSSR count). The summed E-state index contributed by atoms with van der Waals surface area (Å²) >= 11 is 0. The molecule has 0 aliphatic carbocycles. The van der Waals surface area contributed by atoms with Crippen LogP contribution in [-0.2, 0) is 35.2 Å². The number of amides is 2. The van der Waals surface area contributed by atoms with Gasteiger partial charge in [0.1, 0.15) is 11.4 Å². The minimum Gasteiger partial charge on any atom is -0.444 e. The highest BCUT2D eigenvalue weighted by Gasteiger charge is 2.41. The summed E-state index contributed by atoms with van der Waals surface area (Å²) in [5, 5.41) is 2.47. The molecule has 1 unspecified atom stereocenters. The molecule has 220 valence electrons. The highest BCUT2D eigenvalue weighted by atomic mass is 19.4.